The van der Waals surface area contributed by atoms with Gasteiger partial charge in [0.1, 0.15) is 6.61 Å². The molecule has 0 aromatic carbocycles. The van der Waals surface area contributed by atoms with E-state index < -0.39 is 0 Å². The minimum atomic E-state index is -0.176. The molecule has 66 valence electrons. The maximum atomic E-state index is 10.8. The molecule has 0 spiro atoms. The van der Waals surface area contributed by atoms with Crippen LogP contribution in [0.4, 0.5) is 0 Å². The van der Waals surface area contributed by atoms with Gasteiger partial charge in [0.15, 0.2) is 0 Å². The maximum absolute atomic E-state index is 10.8. The predicted octanol–water partition coefficient (Wildman–Crippen LogP) is -0.689. The van der Waals surface area contributed by atoms with E-state index in [2.05, 4.69) is 5.32 Å². The zero-order valence-corrected chi connectivity index (χ0v) is 7.39. The molecule has 0 aromatic heterocycles. The van der Waals surface area contributed by atoms with Crippen molar-refractivity contribution in [1.29, 1.82) is 0 Å². The Balaban J connectivity index is 3.23. The van der Waals surface area contributed by atoms with Crippen molar-refractivity contribution in [1.82, 2.24) is 10.2 Å². The van der Waals surface area contributed by atoms with Crippen molar-refractivity contribution in [3.8, 4) is 0 Å². The van der Waals surface area contributed by atoms with Crippen LogP contribution in [0.2, 0.25) is 0 Å². The van der Waals surface area contributed by atoms with Crippen molar-refractivity contribution < 1.29 is 9.53 Å². The standard InChI is InChI=1S/C7H16N2O2/c1-8-4-5-11-7(10)6-9(2)3/h8H,4-6H2,1-3H3. The van der Waals surface area contributed by atoms with Crippen LogP contribution in [-0.4, -0.2) is 51.7 Å². The van der Waals surface area contributed by atoms with Crippen molar-refractivity contribution in [2.24, 2.45) is 0 Å². The molecule has 0 amide bonds. The van der Waals surface area contributed by atoms with E-state index in [1.807, 2.05) is 21.1 Å². The third-order valence-electron chi connectivity index (χ3n) is 1.06. The summed E-state index contributed by atoms with van der Waals surface area (Å²) in [4.78, 5) is 12.6. The molecule has 0 saturated heterocycles. The van der Waals surface area contributed by atoms with E-state index in [-0.39, 0.29) is 5.97 Å². The molecule has 0 unspecified atom stereocenters. The normalized spacial score (nSPS) is 10.2. The third-order valence-corrected chi connectivity index (χ3v) is 1.06. The lowest BCUT2D eigenvalue weighted by molar-refractivity contribution is -0.144. The van der Waals surface area contributed by atoms with Gasteiger partial charge in [-0.15, -0.1) is 0 Å². The monoisotopic (exact) mass is 160 g/mol. The molecule has 1 N–H and O–H groups in total. The molecule has 0 atom stereocenters. The average Bonchev–Trinajstić information content (AvgIpc) is 1.86. The third kappa shape index (κ3) is 7.29. The number of ether oxygens (including phenoxy) is 1. The Bertz CT molecular complexity index is 115. The molecule has 0 aromatic rings. The summed E-state index contributed by atoms with van der Waals surface area (Å²) in [7, 11) is 5.48. The van der Waals surface area contributed by atoms with E-state index >= 15 is 0 Å². The molecule has 0 heterocycles. The summed E-state index contributed by atoms with van der Waals surface area (Å²) in [6.07, 6.45) is 0. The lowest BCUT2D eigenvalue weighted by Crippen LogP contribution is -2.26. The number of hydrogen-bond donors (Lipinski definition) is 1. The van der Waals surface area contributed by atoms with Crippen LogP contribution in [0.5, 0.6) is 0 Å². The summed E-state index contributed by atoms with van der Waals surface area (Å²) in [5.41, 5.74) is 0. The van der Waals surface area contributed by atoms with Crippen molar-refractivity contribution >= 4 is 5.97 Å². The highest BCUT2D eigenvalue weighted by Gasteiger charge is 2.02. The van der Waals surface area contributed by atoms with Gasteiger partial charge in [0, 0.05) is 6.54 Å². The highest BCUT2D eigenvalue weighted by atomic mass is 16.5. The lowest BCUT2D eigenvalue weighted by Gasteiger charge is -2.08. The Morgan fingerprint density at radius 3 is 2.64 bits per heavy atom. The van der Waals surface area contributed by atoms with Gasteiger partial charge in [-0.25, -0.2) is 0 Å². The number of carbonyl (C=O) groups excluding carboxylic acids is 1. The van der Waals surface area contributed by atoms with Crippen LogP contribution in [0, 0.1) is 0 Å². The fraction of sp³-hybridized carbons (Fsp3) is 0.857. The van der Waals surface area contributed by atoms with E-state index in [4.69, 9.17) is 4.74 Å². The van der Waals surface area contributed by atoms with Gasteiger partial charge in [0.25, 0.3) is 0 Å². The van der Waals surface area contributed by atoms with Crippen LogP contribution in [0.15, 0.2) is 0 Å². The first-order valence-corrected chi connectivity index (χ1v) is 3.61. The van der Waals surface area contributed by atoms with E-state index in [1.54, 1.807) is 4.90 Å². The number of likely N-dealkylation sites (N-methyl/N-ethyl adjacent to an activating group) is 2. The second-order valence-corrected chi connectivity index (χ2v) is 2.56. The van der Waals surface area contributed by atoms with Gasteiger partial charge in [0.2, 0.25) is 0 Å². The predicted molar refractivity (Wildman–Crippen MR) is 43.4 cm³/mol. The van der Waals surface area contributed by atoms with Crippen LogP contribution < -0.4 is 5.32 Å². The zero-order chi connectivity index (χ0) is 8.69. The summed E-state index contributed by atoms with van der Waals surface area (Å²) in [6, 6.07) is 0. The molecule has 4 nitrogen and oxygen atoms in total. The topological polar surface area (TPSA) is 41.6 Å². The molecule has 0 aliphatic heterocycles. The highest BCUT2D eigenvalue weighted by molar-refractivity contribution is 5.71. The summed E-state index contributed by atoms with van der Waals surface area (Å²) in [5.74, 6) is -0.176. The van der Waals surface area contributed by atoms with E-state index in [9.17, 15) is 4.79 Å². The second-order valence-electron chi connectivity index (χ2n) is 2.56. The van der Waals surface area contributed by atoms with E-state index in [0.29, 0.717) is 19.7 Å². The molecule has 0 bridgehead atoms. The Morgan fingerprint density at radius 1 is 1.55 bits per heavy atom. The number of nitrogens with one attached hydrogen (secondary N) is 1. The largest absolute Gasteiger partial charge is 0.463 e. The van der Waals surface area contributed by atoms with Crippen LogP contribution in [-0.2, 0) is 9.53 Å². The molecule has 4 heteroatoms. The Kier molecular flexibility index (Phi) is 5.78. The first-order chi connectivity index (χ1) is 5.16. The quantitative estimate of drug-likeness (QED) is 0.427. The van der Waals surface area contributed by atoms with Crippen LogP contribution in [0.3, 0.4) is 0 Å². The van der Waals surface area contributed by atoms with Crippen LogP contribution in [0.1, 0.15) is 0 Å². The van der Waals surface area contributed by atoms with Crippen LogP contribution >= 0.6 is 0 Å². The number of esters is 1. The van der Waals surface area contributed by atoms with Gasteiger partial charge in [0.05, 0.1) is 6.54 Å². The van der Waals surface area contributed by atoms with Gasteiger partial charge in [-0.05, 0) is 21.1 Å². The van der Waals surface area contributed by atoms with Gasteiger partial charge in [-0.1, -0.05) is 0 Å². The number of carbonyl (C=O) groups is 1. The van der Waals surface area contributed by atoms with Gasteiger partial charge >= 0.3 is 5.97 Å². The Labute approximate surface area is 67.5 Å². The lowest BCUT2D eigenvalue weighted by atomic mass is 10.6. The molecule has 0 rings (SSSR count). The summed E-state index contributed by atoms with van der Waals surface area (Å²) in [6.45, 7) is 1.51. The first kappa shape index (κ1) is 10.4. The van der Waals surface area contributed by atoms with Crippen molar-refractivity contribution in [3.63, 3.8) is 0 Å². The Morgan fingerprint density at radius 2 is 2.18 bits per heavy atom. The van der Waals surface area contributed by atoms with Crippen molar-refractivity contribution in [3.05, 3.63) is 0 Å². The number of nitrogens with zero attached hydrogens (tertiary/aromatic N) is 1. The molecule has 0 saturated carbocycles. The molecule has 0 fully saturated rings. The number of rotatable bonds is 5. The second kappa shape index (κ2) is 6.12. The van der Waals surface area contributed by atoms with Crippen molar-refractivity contribution in [2.75, 3.05) is 40.8 Å². The molecule has 11 heavy (non-hydrogen) atoms. The van der Waals surface area contributed by atoms with Crippen molar-refractivity contribution in [2.45, 2.75) is 0 Å². The minimum Gasteiger partial charge on any atom is -0.463 e. The first-order valence-electron chi connectivity index (χ1n) is 3.61. The summed E-state index contributed by atoms with van der Waals surface area (Å²) >= 11 is 0. The smallest absolute Gasteiger partial charge is 0.320 e. The van der Waals surface area contributed by atoms with Crippen LogP contribution in [0.25, 0.3) is 0 Å². The van der Waals surface area contributed by atoms with Gasteiger partial charge in [-0.3, -0.25) is 9.69 Å². The summed E-state index contributed by atoms with van der Waals surface area (Å²) in [5, 5.41) is 2.89. The fourth-order valence-corrected chi connectivity index (χ4v) is 0.571. The molecule has 0 aliphatic carbocycles. The maximum Gasteiger partial charge on any atom is 0.320 e. The van der Waals surface area contributed by atoms with E-state index in [1.165, 1.54) is 0 Å². The molecule has 0 aliphatic rings. The number of hydrogen-bond acceptors (Lipinski definition) is 4. The highest BCUT2D eigenvalue weighted by Crippen LogP contribution is 1.80. The van der Waals surface area contributed by atoms with E-state index in [0.717, 1.165) is 0 Å². The molecule has 0 radical (unpaired) electrons. The van der Waals surface area contributed by atoms with Gasteiger partial charge < -0.3 is 10.1 Å². The van der Waals surface area contributed by atoms with Gasteiger partial charge in [-0.2, -0.15) is 0 Å². The minimum absolute atomic E-state index is 0.176. The zero-order valence-electron chi connectivity index (χ0n) is 7.39. The molecular formula is C7H16N2O2. The average molecular weight is 160 g/mol. The Hall–Kier alpha value is -0.610. The summed E-state index contributed by atoms with van der Waals surface area (Å²) < 4.78 is 4.85. The molecular weight excluding hydrogens is 144 g/mol. The fourth-order valence-electron chi connectivity index (χ4n) is 0.571. The SMILES string of the molecule is CNCCOC(=O)CN(C)C.